The van der Waals surface area contributed by atoms with Gasteiger partial charge in [-0.15, -0.1) is 11.3 Å². The Hall–Kier alpha value is -3.52. The van der Waals surface area contributed by atoms with Gasteiger partial charge in [-0.2, -0.15) is 0 Å². The van der Waals surface area contributed by atoms with E-state index >= 15 is 0 Å². The van der Waals surface area contributed by atoms with Crippen LogP contribution in [0.1, 0.15) is 20.1 Å². The molecule has 0 bridgehead atoms. The summed E-state index contributed by atoms with van der Waals surface area (Å²) in [5.74, 6) is -0.270. The Morgan fingerprint density at radius 2 is 1.06 bits per heavy atom. The second kappa shape index (κ2) is 10.8. The Kier molecular flexibility index (Phi) is 7.18. The Balaban J connectivity index is 1.51. The molecule has 0 saturated heterocycles. The normalized spacial score (nSPS) is 11.2. The summed E-state index contributed by atoms with van der Waals surface area (Å²) in [4.78, 5) is 14.6. The third-order valence-corrected chi connectivity index (χ3v) is 11.7. The van der Waals surface area contributed by atoms with Crippen molar-refractivity contribution in [1.29, 1.82) is 0 Å². The van der Waals surface area contributed by atoms with Gasteiger partial charge in [0, 0.05) is 4.88 Å². The molecule has 0 spiro atoms. The summed E-state index contributed by atoms with van der Waals surface area (Å²) in [6.45, 7) is 0.280. The first-order valence-electron chi connectivity index (χ1n) is 11.6. The van der Waals surface area contributed by atoms with Gasteiger partial charge in [-0.25, -0.2) is 4.79 Å². The third kappa shape index (κ3) is 5.12. The van der Waals surface area contributed by atoms with Crippen molar-refractivity contribution in [2.24, 2.45) is 0 Å². The van der Waals surface area contributed by atoms with Gasteiger partial charge in [0.15, 0.2) is 0 Å². The van der Waals surface area contributed by atoms with Crippen LogP contribution in [0.5, 0.6) is 0 Å². The molecule has 0 aliphatic rings. The van der Waals surface area contributed by atoms with Crippen LogP contribution in [0.3, 0.4) is 0 Å². The molecule has 5 aromatic rings. The van der Waals surface area contributed by atoms with E-state index in [0.29, 0.717) is 4.88 Å². The highest BCUT2D eigenvalue weighted by Crippen LogP contribution is 2.58. The minimum absolute atomic E-state index is 0.270. The van der Waals surface area contributed by atoms with E-state index in [0.717, 1.165) is 11.7 Å². The van der Waals surface area contributed by atoms with E-state index in [2.05, 4.69) is 97.1 Å². The summed E-state index contributed by atoms with van der Waals surface area (Å²) in [5.41, 5.74) is 0.986. The van der Waals surface area contributed by atoms with Crippen molar-refractivity contribution < 1.29 is 9.53 Å². The van der Waals surface area contributed by atoms with Crippen LogP contribution in [0.15, 0.2) is 133 Å². The lowest BCUT2D eigenvalue weighted by molar-refractivity contribution is 0.0478. The van der Waals surface area contributed by atoms with E-state index in [9.17, 15) is 4.79 Å². The summed E-state index contributed by atoms with van der Waals surface area (Å²) in [5, 5.41) is 4.00. The summed E-state index contributed by atoms with van der Waals surface area (Å²) in [6.07, 6.45) is 0.849. The molecule has 0 amide bonds. The SMILES string of the molecule is O=C(OCc1ccccc1)c1ccc(C[P+](c2ccccc2)(c2ccccc2)c2ccccc2)s1. The number of esters is 1. The molecule has 0 aliphatic heterocycles. The maximum absolute atomic E-state index is 12.8. The number of carbonyl (C=O) groups is 1. The monoisotopic (exact) mass is 493 g/mol. The van der Waals surface area contributed by atoms with Gasteiger partial charge in [-0.1, -0.05) is 84.9 Å². The maximum Gasteiger partial charge on any atom is 0.348 e. The number of thiophene rings is 1. The predicted octanol–water partition coefficient (Wildman–Crippen LogP) is 6.60. The van der Waals surface area contributed by atoms with Crippen molar-refractivity contribution in [3.8, 4) is 0 Å². The molecule has 5 rings (SSSR count). The summed E-state index contributed by atoms with van der Waals surface area (Å²) in [7, 11) is -2.00. The lowest BCUT2D eigenvalue weighted by atomic mass is 10.2. The van der Waals surface area contributed by atoms with Crippen molar-refractivity contribution in [3.63, 3.8) is 0 Å². The second-order valence-electron chi connectivity index (χ2n) is 8.30. The highest BCUT2D eigenvalue weighted by molar-refractivity contribution is 7.95. The Morgan fingerprint density at radius 3 is 1.54 bits per heavy atom. The van der Waals surface area contributed by atoms with Crippen molar-refractivity contribution in [1.82, 2.24) is 0 Å². The van der Waals surface area contributed by atoms with Crippen LogP contribution in [0.2, 0.25) is 0 Å². The summed E-state index contributed by atoms with van der Waals surface area (Å²) >= 11 is 1.54. The lowest BCUT2D eigenvalue weighted by Crippen LogP contribution is -2.32. The van der Waals surface area contributed by atoms with Gasteiger partial charge < -0.3 is 4.74 Å². The molecule has 1 heterocycles. The quantitative estimate of drug-likeness (QED) is 0.180. The number of carbonyl (C=O) groups excluding carboxylic acids is 1. The fourth-order valence-corrected chi connectivity index (χ4v) is 9.96. The van der Waals surface area contributed by atoms with Crippen molar-refractivity contribution >= 4 is 40.5 Å². The first-order valence-corrected chi connectivity index (χ1v) is 14.4. The van der Waals surface area contributed by atoms with Gasteiger partial charge in [0.1, 0.15) is 40.8 Å². The summed E-state index contributed by atoms with van der Waals surface area (Å²) < 4.78 is 5.59. The summed E-state index contributed by atoms with van der Waals surface area (Å²) in [6, 6.07) is 46.2. The topological polar surface area (TPSA) is 26.3 Å². The number of benzene rings is 4. The van der Waals surface area contributed by atoms with Gasteiger partial charge in [0.2, 0.25) is 0 Å². The van der Waals surface area contributed by atoms with Crippen LogP contribution in [0.25, 0.3) is 0 Å². The van der Waals surface area contributed by atoms with E-state index in [1.165, 1.54) is 20.8 Å². The van der Waals surface area contributed by atoms with Crippen LogP contribution in [-0.2, 0) is 17.5 Å². The molecule has 4 aromatic carbocycles. The average molecular weight is 494 g/mol. The lowest BCUT2D eigenvalue weighted by Gasteiger charge is -2.27. The predicted molar refractivity (Wildman–Crippen MR) is 149 cm³/mol. The second-order valence-corrected chi connectivity index (χ2v) is 13.0. The van der Waals surface area contributed by atoms with E-state index in [1.807, 2.05) is 36.4 Å². The van der Waals surface area contributed by atoms with Gasteiger partial charge in [0.05, 0.1) is 0 Å². The molecular formula is C31H26O2PS+. The third-order valence-electron chi connectivity index (χ3n) is 6.06. The van der Waals surface area contributed by atoms with Crippen molar-refractivity contribution in [2.45, 2.75) is 12.8 Å². The van der Waals surface area contributed by atoms with Crippen LogP contribution in [0.4, 0.5) is 0 Å². The minimum Gasteiger partial charge on any atom is -0.457 e. The van der Waals surface area contributed by atoms with E-state index in [-0.39, 0.29) is 12.6 Å². The van der Waals surface area contributed by atoms with Gasteiger partial charge in [-0.3, -0.25) is 0 Å². The molecule has 0 unspecified atom stereocenters. The Bertz CT molecular complexity index is 1270. The Labute approximate surface area is 211 Å². The standard InChI is InChI=1S/C31H26O2PS/c32-31(33-23-25-13-5-1-6-14-25)30-22-21-29(35-30)24-34(26-15-7-2-8-16-26,27-17-9-3-10-18-27)28-19-11-4-12-20-28/h1-22H,23-24H2/q+1. The van der Waals surface area contributed by atoms with E-state index < -0.39 is 7.26 Å². The zero-order valence-electron chi connectivity index (χ0n) is 19.3. The van der Waals surface area contributed by atoms with Crippen LogP contribution in [0, 0.1) is 0 Å². The molecule has 0 radical (unpaired) electrons. The molecule has 2 nitrogen and oxygen atoms in total. The Morgan fingerprint density at radius 1 is 0.600 bits per heavy atom. The smallest absolute Gasteiger partial charge is 0.348 e. The van der Waals surface area contributed by atoms with Crippen molar-refractivity contribution in [2.75, 3.05) is 0 Å². The van der Waals surface area contributed by atoms with Crippen LogP contribution < -0.4 is 15.9 Å². The molecule has 1 aromatic heterocycles. The van der Waals surface area contributed by atoms with E-state index in [1.54, 1.807) is 11.3 Å². The molecule has 4 heteroatoms. The molecule has 0 saturated carbocycles. The van der Waals surface area contributed by atoms with Gasteiger partial charge in [0.25, 0.3) is 0 Å². The van der Waals surface area contributed by atoms with Crippen LogP contribution >= 0.6 is 18.6 Å². The van der Waals surface area contributed by atoms with Crippen molar-refractivity contribution in [3.05, 3.63) is 149 Å². The largest absolute Gasteiger partial charge is 0.457 e. The minimum atomic E-state index is -2.00. The van der Waals surface area contributed by atoms with E-state index in [4.69, 9.17) is 4.74 Å². The first kappa shape index (κ1) is 23.2. The number of hydrogen-bond acceptors (Lipinski definition) is 3. The number of ether oxygens (including phenoxy) is 1. The molecule has 172 valence electrons. The molecule has 0 fully saturated rings. The fraction of sp³-hybridized carbons (Fsp3) is 0.0645. The molecule has 0 atom stereocenters. The van der Waals surface area contributed by atoms with Gasteiger partial charge >= 0.3 is 5.97 Å². The molecule has 35 heavy (non-hydrogen) atoms. The highest BCUT2D eigenvalue weighted by atomic mass is 32.1. The number of rotatable bonds is 8. The molecule has 0 N–H and O–H groups in total. The number of hydrogen-bond donors (Lipinski definition) is 0. The molecule has 0 aliphatic carbocycles. The fourth-order valence-electron chi connectivity index (χ4n) is 4.37. The van der Waals surface area contributed by atoms with Gasteiger partial charge in [-0.05, 0) is 54.1 Å². The molecular weight excluding hydrogens is 467 g/mol. The average Bonchev–Trinajstić information content (AvgIpc) is 3.41. The highest BCUT2D eigenvalue weighted by Gasteiger charge is 2.45. The zero-order valence-corrected chi connectivity index (χ0v) is 21.0. The zero-order chi connectivity index (χ0) is 23.9. The van der Waals surface area contributed by atoms with Crippen LogP contribution in [-0.4, -0.2) is 5.97 Å². The maximum atomic E-state index is 12.8. The first-order chi connectivity index (χ1) is 17.3.